The van der Waals surface area contributed by atoms with Crippen molar-refractivity contribution in [1.29, 1.82) is 0 Å². The van der Waals surface area contributed by atoms with Gasteiger partial charge in [0, 0.05) is 63.9 Å². The number of rotatable bonds is 4. The molecule has 1 atom stereocenters. The second-order valence-electron chi connectivity index (χ2n) is 8.60. The van der Waals surface area contributed by atoms with Crippen molar-refractivity contribution in [1.82, 2.24) is 30.2 Å². The molecule has 3 aliphatic heterocycles. The minimum absolute atomic E-state index is 0.0250. The molecule has 3 heterocycles. The first-order chi connectivity index (χ1) is 13.5. The van der Waals surface area contributed by atoms with E-state index in [0.29, 0.717) is 31.7 Å². The molecule has 2 N–H and O–H groups in total. The van der Waals surface area contributed by atoms with Gasteiger partial charge in [0.05, 0.1) is 0 Å². The highest BCUT2D eigenvalue weighted by atomic mass is 16.2. The lowest BCUT2D eigenvalue weighted by Crippen LogP contribution is -2.57. The second-order valence-corrected chi connectivity index (χ2v) is 8.60. The molecular formula is C20H38N6O2. The molecule has 3 fully saturated rings. The van der Waals surface area contributed by atoms with Gasteiger partial charge in [0.2, 0.25) is 0 Å². The van der Waals surface area contributed by atoms with Gasteiger partial charge < -0.3 is 25.3 Å². The van der Waals surface area contributed by atoms with Gasteiger partial charge in [0.15, 0.2) is 0 Å². The molecule has 0 saturated carbocycles. The zero-order valence-electron chi connectivity index (χ0n) is 17.8. The van der Waals surface area contributed by atoms with Gasteiger partial charge in [-0.05, 0) is 53.1 Å². The Kier molecular flexibility index (Phi) is 7.40. The molecule has 0 aromatic heterocycles. The van der Waals surface area contributed by atoms with E-state index < -0.39 is 0 Å². The van der Waals surface area contributed by atoms with Crippen molar-refractivity contribution in [2.24, 2.45) is 0 Å². The maximum Gasteiger partial charge on any atom is 0.317 e. The Balaban J connectivity index is 1.37. The molecule has 0 aromatic rings. The number of piperazine rings is 1. The standard InChI is InChI=1S/C20H38N6O2/c1-4-21-19(27)26-8-5-17(15-26)22-20(28)25-13-11-24(12-14-25)18-6-9-23(10-7-18)16(2)3/h16-18H,4-15H2,1-3H3,(H,21,27)(H,22,28). The Hall–Kier alpha value is -1.54. The molecule has 3 aliphatic rings. The highest BCUT2D eigenvalue weighted by Gasteiger charge is 2.31. The van der Waals surface area contributed by atoms with Crippen molar-refractivity contribution in [3.05, 3.63) is 0 Å². The van der Waals surface area contributed by atoms with E-state index in [1.165, 1.54) is 25.9 Å². The van der Waals surface area contributed by atoms with E-state index >= 15 is 0 Å². The average Bonchev–Trinajstić information content (AvgIpc) is 3.17. The first-order valence-corrected chi connectivity index (χ1v) is 11.0. The third kappa shape index (κ3) is 5.29. The Morgan fingerprint density at radius 2 is 1.57 bits per heavy atom. The van der Waals surface area contributed by atoms with Crippen LogP contribution in [0.5, 0.6) is 0 Å². The molecule has 3 rings (SSSR count). The van der Waals surface area contributed by atoms with Gasteiger partial charge in [-0.2, -0.15) is 0 Å². The second kappa shape index (κ2) is 9.78. The predicted octanol–water partition coefficient (Wildman–Crippen LogP) is 0.990. The SMILES string of the molecule is CCNC(=O)N1CCC(NC(=O)N2CCN(C3CCN(C(C)C)CC3)CC2)C1. The maximum atomic E-state index is 12.6. The number of hydrogen-bond donors (Lipinski definition) is 2. The Bertz CT molecular complexity index is 527. The predicted molar refractivity (Wildman–Crippen MR) is 110 cm³/mol. The number of piperidine rings is 1. The summed E-state index contributed by atoms with van der Waals surface area (Å²) in [6.07, 6.45) is 3.31. The van der Waals surface area contributed by atoms with Crippen LogP contribution in [0, 0.1) is 0 Å². The maximum absolute atomic E-state index is 12.6. The van der Waals surface area contributed by atoms with Crippen LogP contribution in [0.15, 0.2) is 0 Å². The monoisotopic (exact) mass is 394 g/mol. The lowest BCUT2D eigenvalue weighted by Gasteiger charge is -2.43. The molecule has 0 aliphatic carbocycles. The number of nitrogens with zero attached hydrogens (tertiary/aromatic N) is 4. The highest BCUT2D eigenvalue weighted by Crippen LogP contribution is 2.20. The van der Waals surface area contributed by atoms with Crippen molar-refractivity contribution in [2.75, 3.05) is 58.9 Å². The van der Waals surface area contributed by atoms with E-state index in [-0.39, 0.29) is 18.1 Å². The summed E-state index contributed by atoms with van der Waals surface area (Å²) in [5, 5.41) is 5.95. The lowest BCUT2D eigenvalue weighted by molar-refractivity contribution is 0.0600. The molecule has 8 heteroatoms. The number of amides is 4. The molecule has 3 saturated heterocycles. The number of likely N-dealkylation sites (tertiary alicyclic amines) is 2. The van der Waals surface area contributed by atoms with Gasteiger partial charge in [-0.1, -0.05) is 0 Å². The van der Waals surface area contributed by atoms with E-state index in [1.54, 1.807) is 4.90 Å². The summed E-state index contributed by atoms with van der Waals surface area (Å²) < 4.78 is 0. The van der Waals surface area contributed by atoms with Crippen molar-refractivity contribution in [3.63, 3.8) is 0 Å². The third-order valence-corrected chi connectivity index (χ3v) is 6.48. The molecule has 28 heavy (non-hydrogen) atoms. The fourth-order valence-electron chi connectivity index (χ4n) is 4.65. The normalized spacial score (nSPS) is 25.4. The fraction of sp³-hybridized carbons (Fsp3) is 0.900. The van der Waals surface area contributed by atoms with E-state index in [0.717, 1.165) is 32.6 Å². The van der Waals surface area contributed by atoms with E-state index in [1.807, 2.05) is 11.8 Å². The summed E-state index contributed by atoms with van der Waals surface area (Å²) in [6, 6.07) is 1.36. The molecule has 0 radical (unpaired) electrons. The Morgan fingerprint density at radius 1 is 0.893 bits per heavy atom. The molecule has 1 unspecified atom stereocenters. The largest absolute Gasteiger partial charge is 0.338 e. The number of urea groups is 2. The summed E-state index contributed by atoms with van der Waals surface area (Å²) in [4.78, 5) is 33.4. The zero-order chi connectivity index (χ0) is 20.1. The van der Waals surface area contributed by atoms with Gasteiger partial charge in [-0.25, -0.2) is 9.59 Å². The number of carbonyl (C=O) groups excluding carboxylic acids is 2. The zero-order valence-corrected chi connectivity index (χ0v) is 17.8. The average molecular weight is 395 g/mol. The summed E-state index contributed by atoms with van der Waals surface area (Å²) in [5.74, 6) is 0. The van der Waals surface area contributed by atoms with Crippen molar-refractivity contribution in [3.8, 4) is 0 Å². The van der Waals surface area contributed by atoms with Gasteiger partial charge >= 0.3 is 12.1 Å². The molecule has 4 amide bonds. The quantitative estimate of drug-likeness (QED) is 0.746. The van der Waals surface area contributed by atoms with Crippen LogP contribution < -0.4 is 10.6 Å². The van der Waals surface area contributed by atoms with E-state index in [2.05, 4.69) is 34.3 Å². The molecule has 8 nitrogen and oxygen atoms in total. The molecule has 160 valence electrons. The summed E-state index contributed by atoms with van der Waals surface area (Å²) in [6.45, 7) is 14.3. The molecule has 0 aromatic carbocycles. The van der Waals surface area contributed by atoms with Gasteiger partial charge in [0.25, 0.3) is 0 Å². The molecular weight excluding hydrogens is 356 g/mol. The summed E-state index contributed by atoms with van der Waals surface area (Å²) in [7, 11) is 0. The van der Waals surface area contributed by atoms with Crippen LogP contribution in [0.25, 0.3) is 0 Å². The van der Waals surface area contributed by atoms with Gasteiger partial charge in [-0.3, -0.25) is 4.90 Å². The summed E-state index contributed by atoms with van der Waals surface area (Å²) in [5.41, 5.74) is 0. The van der Waals surface area contributed by atoms with Crippen molar-refractivity contribution in [2.45, 2.75) is 58.2 Å². The van der Waals surface area contributed by atoms with Gasteiger partial charge in [0.1, 0.15) is 0 Å². The number of carbonyl (C=O) groups is 2. The fourth-order valence-corrected chi connectivity index (χ4v) is 4.65. The van der Waals surface area contributed by atoms with Crippen LogP contribution in [0.4, 0.5) is 9.59 Å². The topological polar surface area (TPSA) is 71.2 Å². The molecule has 0 bridgehead atoms. The minimum atomic E-state index is -0.0311. The minimum Gasteiger partial charge on any atom is -0.338 e. The third-order valence-electron chi connectivity index (χ3n) is 6.48. The van der Waals surface area contributed by atoms with Crippen LogP contribution in [-0.2, 0) is 0 Å². The number of nitrogens with one attached hydrogen (secondary N) is 2. The lowest BCUT2D eigenvalue weighted by atomic mass is 10.0. The van der Waals surface area contributed by atoms with Crippen LogP contribution in [0.2, 0.25) is 0 Å². The van der Waals surface area contributed by atoms with E-state index in [4.69, 9.17) is 0 Å². The first-order valence-electron chi connectivity index (χ1n) is 11.0. The van der Waals surface area contributed by atoms with Crippen molar-refractivity contribution >= 4 is 12.1 Å². The Morgan fingerprint density at radius 3 is 2.18 bits per heavy atom. The van der Waals surface area contributed by atoms with Crippen LogP contribution >= 0.6 is 0 Å². The van der Waals surface area contributed by atoms with Gasteiger partial charge in [-0.15, -0.1) is 0 Å². The van der Waals surface area contributed by atoms with E-state index in [9.17, 15) is 9.59 Å². The van der Waals surface area contributed by atoms with Crippen LogP contribution in [-0.4, -0.2) is 109 Å². The first kappa shape index (κ1) is 21.2. The Labute approximate surface area is 169 Å². The smallest absolute Gasteiger partial charge is 0.317 e. The van der Waals surface area contributed by atoms with Crippen LogP contribution in [0.3, 0.4) is 0 Å². The van der Waals surface area contributed by atoms with Crippen LogP contribution in [0.1, 0.15) is 40.0 Å². The highest BCUT2D eigenvalue weighted by molar-refractivity contribution is 5.76. The summed E-state index contributed by atoms with van der Waals surface area (Å²) >= 11 is 0. The van der Waals surface area contributed by atoms with Crippen molar-refractivity contribution < 1.29 is 9.59 Å². The number of hydrogen-bond acceptors (Lipinski definition) is 4. The molecule has 0 spiro atoms.